The Hall–Kier alpha value is -3.42. The predicted octanol–water partition coefficient (Wildman–Crippen LogP) is 1.86. The Kier molecular flexibility index (Phi) is 3.34. The smallest absolute Gasteiger partial charge is 0.255 e. The predicted molar refractivity (Wildman–Crippen MR) is 84.8 cm³/mol. The van der Waals surface area contributed by atoms with Gasteiger partial charge in [-0.2, -0.15) is 0 Å². The van der Waals surface area contributed by atoms with Gasteiger partial charge in [-0.3, -0.25) is 4.79 Å². The van der Waals surface area contributed by atoms with Crippen molar-refractivity contribution in [1.29, 1.82) is 0 Å². The average molecular weight is 323 g/mol. The summed E-state index contributed by atoms with van der Waals surface area (Å²) in [7, 11) is 1.77. The van der Waals surface area contributed by atoms with E-state index in [1.807, 2.05) is 12.1 Å². The number of tetrazole rings is 1. The minimum atomic E-state index is -0.221. The van der Waals surface area contributed by atoms with Gasteiger partial charge in [0, 0.05) is 23.9 Å². The maximum absolute atomic E-state index is 12.3. The number of carbonyl (C=O) groups excluding carboxylic acids is 1. The molecule has 120 valence electrons. The summed E-state index contributed by atoms with van der Waals surface area (Å²) in [4.78, 5) is 12.3. The third kappa shape index (κ3) is 2.54. The molecule has 0 unspecified atom stereocenters. The lowest BCUT2D eigenvalue weighted by atomic mass is 10.1. The second kappa shape index (κ2) is 5.65. The molecule has 2 heterocycles. The molecule has 24 heavy (non-hydrogen) atoms. The number of benzene rings is 2. The zero-order valence-electron chi connectivity index (χ0n) is 12.8. The maximum Gasteiger partial charge on any atom is 0.255 e. The van der Waals surface area contributed by atoms with Crippen LogP contribution in [0.15, 0.2) is 42.5 Å². The van der Waals surface area contributed by atoms with Crippen LogP contribution in [-0.4, -0.2) is 32.9 Å². The Morgan fingerprint density at radius 3 is 2.67 bits per heavy atom. The van der Waals surface area contributed by atoms with Crippen LogP contribution in [0.5, 0.6) is 11.5 Å². The fraction of sp³-hybridized carbons (Fsp3) is 0.125. The standard InChI is InChI=1S/C16H13N5O3/c1-21-15(18-19-20-21)10-2-5-12(6-3-10)17-16(22)11-4-7-13-14(8-11)24-9-23-13/h2-8H,9H2,1H3,(H,17,22). The number of anilines is 1. The summed E-state index contributed by atoms with van der Waals surface area (Å²) >= 11 is 0. The van der Waals surface area contributed by atoms with Crippen LogP contribution in [0.3, 0.4) is 0 Å². The molecule has 0 saturated heterocycles. The zero-order chi connectivity index (χ0) is 16.5. The monoisotopic (exact) mass is 323 g/mol. The number of aromatic nitrogens is 4. The highest BCUT2D eigenvalue weighted by atomic mass is 16.7. The zero-order valence-corrected chi connectivity index (χ0v) is 12.8. The van der Waals surface area contributed by atoms with Crippen molar-refractivity contribution < 1.29 is 14.3 Å². The molecular weight excluding hydrogens is 310 g/mol. The third-order valence-corrected chi connectivity index (χ3v) is 3.66. The summed E-state index contributed by atoms with van der Waals surface area (Å²) in [5.74, 6) is 1.66. The summed E-state index contributed by atoms with van der Waals surface area (Å²) in [5.41, 5.74) is 2.04. The molecule has 0 fully saturated rings. The summed E-state index contributed by atoms with van der Waals surface area (Å²) < 4.78 is 12.1. The molecule has 0 aliphatic carbocycles. The van der Waals surface area contributed by atoms with Crippen LogP contribution in [0.25, 0.3) is 11.4 Å². The van der Waals surface area contributed by atoms with Gasteiger partial charge in [-0.15, -0.1) is 5.10 Å². The first-order valence-electron chi connectivity index (χ1n) is 7.24. The fourth-order valence-corrected chi connectivity index (χ4v) is 2.42. The van der Waals surface area contributed by atoms with Crippen molar-refractivity contribution in [3.63, 3.8) is 0 Å². The average Bonchev–Trinajstić information content (AvgIpc) is 3.23. The van der Waals surface area contributed by atoms with Gasteiger partial charge in [-0.1, -0.05) is 0 Å². The second-order valence-corrected chi connectivity index (χ2v) is 5.23. The van der Waals surface area contributed by atoms with Crippen molar-refractivity contribution in [2.45, 2.75) is 0 Å². The Bertz CT molecular complexity index is 904. The summed E-state index contributed by atoms with van der Waals surface area (Å²) in [6, 6.07) is 12.4. The SMILES string of the molecule is Cn1nnnc1-c1ccc(NC(=O)c2ccc3c(c2)OCO3)cc1. The Morgan fingerprint density at radius 1 is 1.12 bits per heavy atom. The van der Waals surface area contributed by atoms with E-state index in [1.165, 1.54) is 0 Å². The topological polar surface area (TPSA) is 91.2 Å². The van der Waals surface area contributed by atoms with Crippen LogP contribution in [0.2, 0.25) is 0 Å². The van der Waals surface area contributed by atoms with Gasteiger partial charge in [0.2, 0.25) is 6.79 Å². The molecule has 1 aromatic heterocycles. The summed E-state index contributed by atoms with van der Waals surface area (Å²) in [6.07, 6.45) is 0. The highest BCUT2D eigenvalue weighted by molar-refractivity contribution is 6.04. The van der Waals surface area contributed by atoms with E-state index in [9.17, 15) is 4.79 Å². The van der Waals surface area contributed by atoms with Crippen LogP contribution in [0, 0.1) is 0 Å². The lowest BCUT2D eigenvalue weighted by Gasteiger charge is -2.07. The van der Waals surface area contributed by atoms with Crippen LogP contribution >= 0.6 is 0 Å². The van der Waals surface area contributed by atoms with E-state index in [-0.39, 0.29) is 12.7 Å². The molecule has 0 spiro atoms. The van der Waals surface area contributed by atoms with Crippen molar-refractivity contribution in [2.75, 3.05) is 12.1 Å². The summed E-state index contributed by atoms with van der Waals surface area (Å²) in [6.45, 7) is 0.179. The van der Waals surface area contributed by atoms with E-state index in [1.54, 1.807) is 42.1 Å². The van der Waals surface area contributed by atoms with E-state index in [0.717, 1.165) is 5.56 Å². The molecule has 0 saturated carbocycles. The normalized spacial score (nSPS) is 12.2. The molecule has 3 aromatic rings. The molecule has 8 heteroatoms. The number of fused-ring (bicyclic) bond motifs is 1. The number of hydrogen-bond donors (Lipinski definition) is 1. The third-order valence-electron chi connectivity index (χ3n) is 3.66. The van der Waals surface area contributed by atoms with Gasteiger partial charge in [-0.05, 0) is 52.9 Å². The molecular formula is C16H13N5O3. The van der Waals surface area contributed by atoms with Crippen LogP contribution in [0.4, 0.5) is 5.69 Å². The molecule has 2 aromatic carbocycles. The number of hydrogen-bond acceptors (Lipinski definition) is 6. The van der Waals surface area contributed by atoms with Crippen LogP contribution < -0.4 is 14.8 Å². The number of amides is 1. The van der Waals surface area contributed by atoms with E-state index in [4.69, 9.17) is 9.47 Å². The Balaban J connectivity index is 1.51. The van der Waals surface area contributed by atoms with Gasteiger partial charge in [0.25, 0.3) is 5.91 Å². The number of nitrogens with zero attached hydrogens (tertiary/aromatic N) is 4. The lowest BCUT2D eigenvalue weighted by molar-refractivity contribution is 0.102. The van der Waals surface area contributed by atoms with Gasteiger partial charge < -0.3 is 14.8 Å². The van der Waals surface area contributed by atoms with Gasteiger partial charge in [0.05, 0.1) is 0 Å². The largest absolute Gasteiger partial charge is 0.454 e. The van der Waals surface area contributed by atoms with Gasteiger partial charge in [-0.25, -0.2) is 4.68 Å². The van der Waals surface area contributed by atoms with E-state index < -0.39 is 0 Å². The maximum atomic E-state index is 12.3. The van der Waals surface area contributed by atoms with Crippen LogP contribution in [0.1, 0.15) is 10.4 Å². The van der Waals surface area contributed by atoms with E-state index >= 15 is 0 Å². The molecule has 1 aliphatic heterocycles. The molecule has 0 radical (unpaired) electrons. The van der Waals surface area contributed by atoms with Crippen molar-refractivity contribution >= 4 is 11.6 Å². The number of carbonyl (C=O) groups is 1. The Labute approximate surface area is 137 Å². The van der Waals surface area contributed by atoms with Gasteiger partial charge >= 0.3 is 0 Å². The first kappa shape index (κ1) is 14.2. The lowest BCUT2D eigenvalue weighted by Crippen LogP contribution is -2.11. The van der Waals surface area contributed by atoms with Gasteiger partial charge in [0.15, 0.2) is 17.3 Å². The quantitative estimate of drug-likeness (QED) is 0.791. The molecule has 1 amide bonds. The molecule has 0 bridgehead atoms. The van der Waals surface area contributed by atoms with Crippen molar-refractivity contribution in [1.82, 2.24) is 20.2 Å². The first-order chi connectivity index (χ1) is 11.7. The minimum absolute atomic E-state index is 0.179. The first-order valence-corrected chi connectivity index (χ1v) is 7.24. The van der Waals surface area contributed by atoms with Crippen molar-refractivity contribution in [2.24, 2.45) is 7.05 Å². The van der Waals surface area contributed by atoms with Crippen molar-refractivity contribution in [3.8, 4) is 22.9 Å². The van der Waals surface area contributed by atoms with E-state index in [0.29, 0.717) is 28.6 Å². The number of aryl methyl sites for hydroxylation is 1. The highest BCUT2D eigenvalue weighted by Gasteiger charge is 2.16. The van der Waals surface area contributed by atoms with Gasteiger partial charge in [0.1, 0.15) is 0 Å². The number of rotatable bonds is 3. The molecule has 0 atom stereocenters. The highest BCUT2D eigenvalue weighted by Crippen LogP contribution is 2.32. The molecule has 8 nitrogen and oxygen atoms in total. The molecule has 4 rings (SSSR count). The fourth-order valence-electron chi connectivity index (χ4n) is 2.42. The summed E-state index contributed by atoms with van der Waals surface area (Å²) in [5, 5.41) is 14.2. The number of nitrogens with one attached hydrogen (secondary N) is 1. The van der Waals surface area contributed by atoms with Crippen LogP contribution in [-0.2, 0) is 7.05 Å². The molecule has 1 aliphatic rings. The second-order valence-electron chi connectivity index (χ2n) is 5.23. The van der Waals surface area contributed by atoms with E-state index in [2.05, 4.69) is 20.8 Å². The Morgan fingerprint density at radius 2 is 1.92 bits per heavy atom. The number of ether oxygens (including phenoxy) is 2. The minimum Gasteiger partial charge on any atom is -0.454 e. The molecule has 1 N–H and O–H groups in total. The van der Waals surface area contributed by atoms with Crippen molar-refractivity contribution in [3.05, 3.63) is 48.0 Å².